The summed E-state index contributed by atoms with van der Waals surface area (Å²) in [7, 11) is 0. The van der Waals surface area contributed by atoms with Gasteiger partial charge >= 0.3 is 0 Å². The van der Waals surface area contributed by atoms with Gasteiger partial charge in [-0.05, 0) is 59.3 Å². The Bertz CT molecular complexity index is 588. The molecule has 0 saturated heterocycles. The van der Waals surface area contributed by atoms with Crippen LogP contribution in [0.15, 0.2) is 48.5 Å². The minimum absolute atomic E-state index is 0.678. The minimum Gasteiger partial charge on any atom is -0.0683 e. The Morgan fingerprint density at radius 1 is 0.913 bits per heavy atom. The summed E-state index contributed by atoms with van der Waals surface area (Å²) < 4.78 is 0. The highest BCUT2D eigenvalue weighted by Crippen LogP contribution is 2.41. The number of benzene rings is 2. The first-order chi connectivity index (χ1) is 11.2. The number of hydrogen-bond acceptors (Lipinski definition) is 0. The fraction of sp³-hybridized carbons (Fsp3) is 0.478. The van der Waals surface area contributed by atoms with Gasteiger partial charge in [0.15, 0.2) is 0 Å². The highest BCUT2D eigenvalue weighted by Gasteiger charge is 2.23. The van der Waals surface area contributed by atoms with Crippen molar-refractivity contribution in [2.45, 2.75) is 65.7 Å². The van der Waals surface area contributed by atoms with Crippen LogP contribution in [0.1, 0.15) is 76.8 Å². The first kappa shape index (κ1) is 17.8. The molecule has 1 aliphatic carbocycles. The predicted octanol–water partition coefficient (Wildman–Crippen LogP) is 7.41. The smallest absolute Gasteiger partial charge is 0.0141 e. The van der Waals surface area contributed by atoms with E-state index in [1.165, 1.54) is 41.5 Å². The van der Waals surface area contributed by atoms with Gasteiger partial charge in [-0.2, -0.15) is 0 Å². The van der Waals surface area contributed by atoms with Gasteiger partial charge in [0.1, 0.15) is 0 Å². The molecule has 1 unspecified atom stereocenters. The lowest BCUT2D eigenvalue weighted by Gasteiger charge is -2.19. The molecule has 0 radical (unpaired) electrons. The van der Waals surface area contributed by atoms with Gasteiger partial charge in [-0.25, -0.2) is 0 Å². The van der Waals surface area contributed by atoms with Gasteiger partial charge < -0.3 is 0 Å². The van der Waals surface area contributed by atoms with Crippen molar-refractivity contribution >= 4 is 0 Å². The standard InChI is InChI=1S/C21H26.C2H6/c1-4-21(15(2)3)18-12-10-17(11-13-18)20-7-5-6-19(14-20)16-8-9-16;1-2/h5-7,10-16,21H,4,8-9H2,1-3H3;1-2H3. The van der Waals surface area contributed by atoms with Crippen molar-refractivity contribution in [1.29, 1.82) is 0 Å². The quantitative estimate of drug-likeness (QED) is 0.539. The summed E-state index contributed by atoms with van der Waals surface area (Å²) in [5.41, 5.74) is 5.71. The van der Waals surface area contributed by atoms with Crippen LogP contribution in [-0.2, 0) is 0 Å². The average molecular weight is 309 g/mol. The fourth-order valence-corrected chi connectivity index (χ4v) is 3.40. The highest BCUT2D eigenvalue weighted by atomic mass is 14.3. The molecule has 0 amide bonds. The summed E-state index contributed by atoms with van der Waals surface area (Å²) >= 11 is 0. The average Bonchev–Trinajstić information content (AvgIpc) is 3.43. The number of rotatable bonds is 5. The fourth-order valence-electron chi connectivity index (χ4n) is 3.40. The van der Waals surface area contributed by atoms with Crippen molar-refractivity contribution in [3.63, 3.8) is 0 Å². The second-order valence-electron chi connectivity index (χ2n) is 6.78. The third-order valence-electron chi connectivity index (χ3n) is 4.85. The van der Waals surface area contributed by atoms with Gasteiger partial charge in [0.25, 0.3) is 0 Å². The Morgan fingerprint density at radius 2 is 1.57 bits per heavy atom. The van der Waals surface area contributed by atoms with E-state index in [1.54, 1.807) is 0 Å². The molecule has 1 saturated carbocycles. The lowest BCUT2D eigenvalue weighted by atomic mass is 9.85. The van der Waals surface area contributed by atoms with Crippen molar-refractivity contribution in [1.82, 2.24) is 0 Å². The molecule has 3 rings (SSSR count). The van der Waals surface area contributed by atoms with Crippen molar-refractivity contribution in [2.75, 3.05) is 0 Å². The summed E-state index contributed by atoms with van der Waals surface area (Å²) in [6, 6.07) is 18.4. The molecule has 1 aliphatic rings. The van der Waals surface area contributed by atoms with Gasteiger partial charge in [0, 0.05) is 0 Å². The molecular weight excluding hydrogens is 276 g/mol. The maximum absolute atomic E-state index is 2.38. The summed E-state index contributed by atoms with van der Waals surface area (Å²) in [6.07, 6.45) is 3.96. The van der Waals surface area contributed by atoms with Crippen LogP contribution in [0.25, 0.3) is 11.1 Å². The van der Waals surface area contributed by atoms with Crippen LogP contribution in [0.3, 0.4) is 0 Å². The summed E-state index contributed by atoms with van der Waals surface area (Å²) in [6.45, 7) is 10.9. The Labute approximate surface area is 143 Å². The van der Waals surface area contributed by atoms with E-state index in [4.69, 9.17) is 0 Å². The second-order valence-corrected chi connectivity index (χ2v) is 6.78. The van der Waals surface area contributed by atoms with Crippen LogP contribution < -0.4 is 0 Å². The molecule has 23 heavy (non-hydrogen) atoms. The van der Waals surface area contributed by atoms with E-state index in [-0.39, 0.29) is 0 Å². The Kier molecular flexibility index (Phi) is 6.45. The van der Waals surface area contributed by atoms with E-state index in [0.717, 1.165) is 5.92 Å². The van der Waals surface area contributed by atoms with Crippen LogP contribution >= 0.6 is 0 Å². The van der Waals surface area contributed by atoms with Crippen LogP contribution in [0.2, 0.25) is 0 Å². The maximum Gasteiger partial charge on any atom is -0.0141 e. The third kappa shape index (κ3) is 4.47. The third-order valence-corrected chi connectivity index (χ3v) is 4.85. The summed E-state index contributed by atoms with van der Waals surface area (Å²) in [5.74, 6) is 2.21. The monoisotopic (exact) mass is 308 g/mol. The molecule has 124 valence electrons. The largest absolute Gasteiger partial charge is 0.0683 e. The van der Waals surface area contributed by atoms with Gasteiger partial charge in [0.05, 0.1) is 0 Å². The Balaban J connectivity index is 0.000000924. The normalized spacial score (nSPS) is 15.0. The van der Waals surface area contributed by atoms with Crippen LogP contribution in [0.4, 0.5) is 0 Å². The topological polar surface area (TPSA) is 0 Å². The molecule has 2 aromatic rings. The SMILES string of the molecule is CC.CCC(c1ccc(-c2cccc(C3CC3)c2)cc1)C(C)C. The minimum atomic E-state index is 0.678. The highest BCUT2D eigenvalue weighted by molar-refractivity contribution is 5.65. The first-order valence-electron chi connectivity index (χ1n) is 9.39. The zero-order valence-corrected chi connectivity index (χ0v) is 15.5. The molecular formula is C23H32. The van der Waals surface area contributed by atoms with Crippen molar-refractivity contribution in [3.05, 3.63) is 59.7 Å². The van der Waals surface area contributed by atoms with Gasteiger partial charge in [-0.15, -0.1) is 0 Å². The van der Waals surface area contributed by atoms with E-state index in [2.05, 4.69) is 69.3 Å². The van der Waals surface area contributed by atoms with E-state index in [1.807, 2.05) is 13.8 Å². The van der Waals surface area contributed by atoms with Gasteiger partial charge in [-0.3, -0.25) is 0 Å². The molecule has 0 heterocycles. The molecule has 0 aliphatic heterocycles. The molecule has 0 heteroatoms. The zero-order chi connectivity index (χ0) is 16.8. The second kappa shape index (κ2) is 8.34. The van der Waals surface area contributed by atoms with Crippen molar-refractivity contribution < 1.29 is 0 Å². The number of hydrogen-bond donors (Lipinski definition) is 0. The maximum atomic E-state index is 2.38. The molecule has 0 N–H and O–H groups in total. The summed E-state index contributed by atoms with van der Waals surface area (Å²) in [5, 5.41) is 0. The van der Waals surface area contributed by atoms with Gasteiger partial charge in [0.2, 0.25) is 0 Å². The van der Waals surface area contributed by atoms with E-state index < -0.39 is 0 Å². The predicted molar refractivity (Wildman–Crippen MR) is 103 cm³/mol. The van der Waals surface area contributed by atoms with E-state index in [9.17, 15) is 0 Å². The van der Waals surface area contributed by atoms with Crippen molar-refractivity contribution in [3.8, 4) is 11.1 Å². The van der Waals surface area contributed by atoms with E-state index in [0.29, 0.717) is 11.8 Å². The Hall–Kier alpha value is -1.56. The van der Waals surface area contributed by atoms with Crippen molar-refractivity contribution in [2.24, 2.45) is 5.92 Å². The lowest BCUT2D eigenvalue weighted by Crippen LogP contribution is -2.05. The van der Waals surface area contributed by atoms with Crippen LogP contribution in [-0.4, -0.2) is 0 Å². The van der Waals surface area contributed by atoms with Crippen LogP contribution in [0.5, 0.6) is 0 Å². The molecule has 2 aromatic carbocycles. The van der Waals surface area contributed by atoms with E-state index >= 15 is 0 Å². The molecule has 0 bridgehead atoms. The molecule has 1 fully saturated rings. The molecule has 0 aromatic heterocycles. The molecule has 1 atom stereocenters. The zero-order valence-electron chi connectivity index (χ0n) is 15.5. The Morgan fingerprint density at radius 3 is 2.09 bits per heavy atom. The molecule has 0 spiro atoms. The van der Waals surface area contributed by atoms with Gasteiger partial charge in [-0.1, -0.05) is 83.1 Å². The molecule has 0 nitrogen and oxygen atoms in total. The van der Waals surface area contributed by atoms with Crippen LogP contribution in [0, 0.1) is 5.92 Å². The first-order valence-corrected chi connectivity index (χ1v) is 9.39. The summed E-state index contributed by atoms with van der Waals surface area (Å²) in [4.78, 5) is 0. The lowest BCUT2D eigenvalue weighted by molar-refractivity contribution is 0.485.